The van der Waals surface area contributed by atoms with Gasteiger partial charge in [-0.3, -0.25) is 0 Å². The molecule has 1 fully saturated rings. The van der Waals surface area contributed by atoms with Crippen LogP contribution in [0.25, 0.3) is 10.2 Å². The molecule has 1 aromatic heterocycles. The number of aryl methyl sites for hydroxylation is 1. The summed E-state index contributed by atoms with van der Waals surface area (Å²) in [5.41, 5.74) is 0.801. The second-order valence-corrected chi connectivity index (χ2v) is 5.73. The maximum atomic E-state index is 13.0. The summed E-state index contributed by atoms with van der Waals surface area (Å²) in [6.07, 6.45) is 3.49. The van der Waals surface area contributed by atoms with Gasteiger partial charge in [0.2, 0.25) is 0 Å². The zero-order chi connectivity index (χ0) is 11.7. The molecule has 3 rings (SSSR count). The highest BCUT2D eigenvalue weighted by atomic mass is 32.1. The third-order valence-corrected chi connectivity index (χ3v) is 4.42. The molecule has 1 N–H and O–H groups in total. The Bertz CT molecular complexity index is 517. The Hall–Kier alpha value is -1.00. The van der Waals surface area contributed by atoms with Crippen molar-refractivity contribution in [2.24, 2.45) is 5.92 Å². The number of fused-ring (bicyclic) bond motifs is 1. The fourth-order valence-corrected chi connectivity index (χ4v) is 3.31. The molecule has 0 bridgehead atoms. The molecule has 1 aliphatic rings. The van der Waals surface area contributed by atoms with E-state index in [4.69, 9.17) is 0 Å². The number of aromatic nitrogens is 1. The van der Waals surface area contributed by atoms with Gasteiger partial charge in [0.05, 0.1) is 15.2 Å². The molecule has 2 heterocycles. The number of halogens is 1. The van der Waals surface area contributed by atoms with Crippen molar-refractivity contribution in [1.82, 2.24) is 10.3 Å². The standard InChI is InChI=1S/C13H15FN2S/c14-10-2-3-12-11(7-10)16-13(17-12)4-1-9-5-6-15-8-9/h2-3,7,9,15H,1,4-6,8H2. The van der Waals surface area contributed by atoms with Crippen LogP contribution in [0.15, 0.2) is 18.2 Å². The minimum Gasteiger partial charge on any atom is -0.316 e. The number of benzene rings is 1. The van der Waals surface area contributed by atoms with Gasteiger partial charge in [0.15, 0.2) is 0 Å². The maximum Gasteiger partial charge on any atom is 0.125 e. The van der Waals surface area contributed by atoms with Crippen molar-refractivity contribution in [2.45, 2.75) is 19.3 Å². The molecule has 1 saturated heterocycles. The monoisotopic (exact) mass is 250 g/mol. The van der Waals surface area contributed by atoms with Gasteiger partial charge in [0, 0.05) is 6.07 Å². The molecule has 17 heavy (non-hydrogen) atoms. The first-order valence-corrected chi connectivity index (χ1v) is 6.88. The topological polar surface area (TPSA) is 24.9 Å². The first kappa shape index (κ1) is 11.1. The van der Waals surface area contributed by atoms with Gasteiger partial charge in [-0.25, -0.2) is 9.37 Å². The zero-order valence-electron chi connectivity index (χ0n) is 9.58. The summed E-state index contributed by atoms with van der Waals surface area (Å²) in [4.78, 5) is 4.49. The molecular formula is C13H15FN2S. The van der Waals surface area contributed by atoms with E-state index in [0.29, 0.717) is 0 Å². The Kier molecular flexibility index (Phi) is 3.07. The molecule has 1 unspecified atom stereocenters. The van der Waals surface area contributed by atoms with Crippen molar-refractivity contribution in [2.75, 3.05) is 13.1 Å². The van der Waals surface area contributed by atoms with Crippen LogP contribution >= 0.6 is 11.3 Å². The van der Waals surface area contributed by atoms with Crippen LogP contribution in [0, 0.1) is 11.7 Å². The molecule has 1 atom stereocenters. The highest BCUT2D eigenvalue weighted by molar-refractivity contribution is 7.18. The molecule has 1 aliphatic heterocycles. The number of nitrogens with one attached hydrogen (secondary N) is 1. The second kappa shape index (κ2) is 4.70. The van der Waals surface area contributed by atoms with Crippen LogP contribution < -0.4 is 5.32 Å². The van der Waals surface area contributed by atoms with E-state index in [0.717, 1.165) is 40.7 Å². The largest absolute Gasteiger partial charge is 0.316 e. The fourth-order valence-electron chi connectivity index (χ4n) is 2.34. The molecule has 1 aromatic carbocycles. The minimum absolute atomic E-state index is 0.200. The predicted octanol–water partition coefficient (Wildman–Crippen LogP) is 2.98. The van der Waals surface area contributed by atoms with E-state index in [-0.39, 0.29) is 5.82 Å². The van der Waals surface area contributed by atoms with Gasteiger partial charge in [-0.15, -0.1) is 11.3 Å². The Morgan fingerprint density at radius 2 is 2.41 bits per heavy atom. The first-order chi connectivity index (χ1) is 8.31. The fraction of sp³-hybridized carbons (Fsp3) is 0.462. The number of hydrogen-bond donors (Lipinski definition) is 1. The Morgan fingerprint density at radius 1 is 1.47 bits per heavy atom. The highest BCUT2D eigenvalue weighted by Gasteiger charge is 2.15. The number of hydrogen-bond acceptors (Lipinski definition) is 3. The van der Waals surface area contributed by atoms with Crippen molar-refractivity contribution in [1.29, 1.82) is 0 Å². The maximum absolute atomic E-state index is 13.0. The van der Waals surface area contributed by atoms with Gasteiger partial charge < -0.3 is 5.32 Å². The Labute approximate surface area is 104 Å². The van der Waals surface area contributed by atoms with Crippen LogP contribution in [0.5, 0.6) is 0 Å². The van der Waals surface area contributed by atoms with Gasteiger partial charge in [-0.1, -0.05) is 0 Å². The quantitative estimate of drug-likeness (QED) is 0.906. The molecule has 2 nitrogen and oxygen atoms in total. The van der Waals surface area contributed by atoms with Crippen LogP contribution in [-0.4, -0.2) is 18.1 Å². The second-order valence-electron chi connectivity index (χ2n) is 4.62. The molecule has 0 aliphatic carbocycles. The van der Waals surface area contributed by atoms with Crippen molar-refractivity contribution < 1.29 is 4.39 Å². The molecule has 0 amide bonds. The summed E-state index contributed by atoms with van der Waals surface area (Å²) >= 11 is 1.69. The minimum atomic E-state index is -0.200. The summed E-state index contributed by atoms with van der Waals surface area (Å²) in [7, 11) is 0. The SMILES string of the molecule is Fc1ccc2sc(CCC3CCNC3)nc2c1. The van der Waals surface area contributed by atoms with E-state index in [1.165, 1.54) is 25.0 Å². The van der Waals surface area contributed by atoms with E-state index < -0.39 is 0 Å². The molecule has 0 spiro atoms. The normalized spacial score (nSPS) is 20.2. The molecule has 90 valence electrons. The lowest BCUT2D eigenvalue weighted by Gasteiger charge is -2.04. The molecule has 0 saturated carbocycles. The van der Waals surface area contributed by atoms with Crippen LogP contribution in [0.4, 0.5) is 4.39 Å². The van der Waals surface area contributed by atoms with Crippen molar-refractivity contribution >= 4 is 21.6 Å². The van der Waals surface area contributed by atoms with Crippen molar-refractivity contribution in [3.63, 3.8) is 0 Å². The average Bonchev–Trinajstić information content (AvgIpc) is 2.94. The predicted molar refractivity (Wildman–Crippen MR) is 68.9 cm³/mol. The summed E-state index contributed by atoms with van der Waals surface area (Å²) in [6.45, 7) is 2.29. The first-order valence-electron chi connectivity index (χ1n) is 6.07. The number of rotatable bonds is 3. The van der Waals surface area contributed by atoms with Gasteiger partial charge in [-0.2, -0.15) is 0 Å². The summed E-state index contributed by atoms with van der Waals surface area (Å²) in [5, 5.41) is 4.51. The lowest BCUT2D eigenvalue weighted by atomic mass is 10.0. The van der Waals surface area contributed by atoms with Gasteiger partial charge in [0.25, 0.3) is 0 Å². The van der Waals surface area contributed by atoms with E-state index in [1.807, 2.05) is 6.07 Å². The average molecular weight is 250 g/mol. The number of thiazole rings is 1. The molecule has 0 radical (unpaired) electrons. The van der Waals surface area contributed by atoms with E-state index in [1.54, 1.807) is 11.3 Å². The zero-order valence-corrected chi connectivity index (χ0v) is 10.4. The lowest BCUT2D eigenvalue weighted by Crippen LogP contribution is -2.09. The third kappa shape index (κ3) is 2.48. The Morgan fingerprint density at radius 3 is 3.24 bits per heavy atom. The van der Waals surface area contributed by atoms with Gasteiger partial charge >= 0.3 is 0 Å². The van der Waals surface area contributed by atoms with Crippen LogP contribution in [0.2, 0.25) is 0 Å². The highest BCUT2D eigenvalue weighted by Crippen LogP contribution is 2.25. The lowest BCUT2D eigenvalue weighted by molar-refractivity contribution is 0.532. The van der Waals surface area contributed by atoms with Gasteiger partial charge in [-0.05, 0) is 50.4 Å². The summed E-state index contributed by atoms with van der Waals surface area (Å²) in [5.74, 6) is 0.591. The molecular weight excluding hydrogens is 235 g/mol. The molecule has 4 heteroatoms. The van der Waals surface area contributed by atoms with Crippen LogP contribution in [-0.2, 0) is 6.42 Å². The van der Waals surface area contributed by atoms with Crippen molar-refractivity contribution in [3.05, 3.63) is 29.0 Å². The van der Waals surface area contributed by atoms with Crippen LogP contribution in [0.3, 0.4) is 0 Å². The summed E-state index contributed by atoms with van der Waals surface area (Å²) in [6, 6.07) is 4.85. The van der Waals surface area contributed by atoms with E-state index in [2.05, 4.69) is 10.3 Å². The third-order valence-electron chi connectivity index (χ3n) is 3.32. The van der Waals surface area contributed by atoms with Crippen LogP contribution in [0.1, 0.15) is 17.8 Å². The van der Waals surface area contributed by atoms with Crippen molar-refractivity contribution in [3.8, 4) is 0 Å². The Balaban J connectivity index is 1.72. The molecule has 2 aromatic rings. The van der Waals surface area contributed by atoms with E-state index in [9.17, 15) is 4.39 Å². The number of nitrogens with zero attached hydrogens (tertiary/aromatic N) is 1. The van der Waals surface area contributed by atoms with E-state index >= 15 is 0 Å². The smallest absolute Gasteiger partial charge is 0.125 e. The summed E-state index contributed by atoms with van der Waals surface area (Å²) < 4.78 is 14.1. The van der Waals surface area contributed by atoms with Gasteiger partial charge in [0.1, 0.15) is 5.82 Å².